The van der Waals surface area contributed by atoms with E-state index in [-0.39, 0.29) is 30.1 Å². The third kappa shape index (κ3) is 7.27. The van der Waals surface area contributed by atoms with Gasteiger partial charge < -0.3 is 20.1 Å². The van der Waals surface area contributed by atoms with E-state index < -0.39 is 0 Å². The summed E-state index contributed by atoms with van der Waals surface area (Å²) in [5, 5.41) is 6.95. The van der Waals surface area contributed by atoms with Crippen LogP contribution in [-0.4, -0.2) is 62.4 Å². The first-order valence-corrected chi connectivity index (χ1v) is 11.1. The van der Waals surface area contributed by atoms with Gasteiger partial charge in [0.05, 0.1) is 13.2 Å². The molecule has 2 aliphatic heterocycles. The number of benzene rings is 1. The van der Waals surface area contributed by atoms with E-state index in [1.54, 1.807) is 0 Å². The van der Waals surface area contributed by atoms with Crippen LogP contribution in [-0.2, 0) is 11.3 Å². The third-order valence-electron chi connectivity index (χ3n) is 6.06. The van der Waals surface area contributed by atoms with E-state index in [1.165, 1.54) is 31.4 Å². The lowest BCUT2D eigenvalue weighted by atomic mass is 10.0. The Bertz CT molecular complexity index is 679. The Morgan fingerprint density at radius 3 is 2.83 bits per heavy atom. The maximum atomic E-state index is 6.21. The van der Waals surface area contributed by atoms with Crippen LogP contribution in [0.25, 0.3) is 0 Å². The second-order valence-corrected chi connectivity index (χ2v) is 8.45. The molecule has 3 rings (SSSR count). The number of halogens is 1. The van der Waals surface area contributed by atoms with Gasteiger partial charge in [0.1, 0.15) is 11.9 Å². The van der Waals surface area contributed by atoms with Crippen molar-refractivity contribution in [3.05, 3.63) is 29.3 Å². The fourth-order valence-electron chi connectivity index (χ4n) is 4.24. The van der Waals surface area contributed by atoms with E-state index in [1.807, 2.05) is 7.05 Å². The SMILES string of the molecule is CN=C(NCc1ccc(C)cc1OC1CCOC1)NCC(C)N1CCCCC1C.I. The molecule has 2 N–H and O–H groups in total. The predicted molar refractivity (Wildman–Crippen MR) is 134 cm³/mol. The third-order valence-corrected chi connectivity index (χ3v) is 6.06. The lowest BCUT2D eigenvalue weighted by Crippen LogP contribution is -2.50. The molecule has 3 atom stereocenters. The number of guanidine groups is 1. The van der Waals surface area contributed by atoms with Crippen LogP contribution in [0.3, 0.4) is 0 Å². The van der Waals surface area contributed by atoms with Gasteiger partial charge in [-0.15, -0.1) is 24.0 Å². The minimum atomic E-state index is 0. The number of hydrogen-bond donors (Lipinski definition) is 2. The average molecular weight is 530 g/mol. The molecule has 0 saturated carbocycles. The Morgan fingerprint density at radius 2 is 2.13 bits per heavy atom. The molecule has 3 unspecified atom stereocenters. The number of aliphatic imine (C=N–C) groups is 1. The molecule has 0 aromatic heterocycles. The summed E-state index contributed by atoms with van der Waals surface area (Å²) in [6.07, 6.45) is 5.08. The van der Waals surface area contributed by atoms with Gasteiger partial charge in [0.2, 0.25) is 0 Å². The Hall–Kier alpha value is -1.06. The maximum Gasteiger partial charge on any atom is 0.191 e. The van der Waals surface area contributed by atoms with Crippen molar-refractivity contribution >= 4 is 29.9 Å². The van der Waals surface area contributed by atoms with Gasteiger partial charge in [0.25, 0.3) is 0 Å². The fraction of sp³-hybridized carbons (Fsp3) is 0.696. The Morgan fingerprint density at radius 1 is 1.30 bits per heavy atom. The molecule has 0 aliphatic carbocycles. The summed E-state index contributed by atoms with van der Waals surface area (Å²) in [6.45, 7) is 11.0. The molecule has 170 valence electrons. The van der Waals surface area contributed by atoms with Gasteiger partial charge in [-0.1, -0.05) is 18.6 Å². The Balaban J connectivity index is 0.00000320. The van der Waals surface area contributed by atoms with Crippen molar-refractivity contribution in [2.75, 3.05) is 33.4 Å². The zero-order valence-corrected chi connectivity index (χ0v) is 21.3. The summed E-state index contributed by atoms with van der Waals surface area (Å²) in [7, 11) is 1.83. The molecule has 2 heterocycles. The van der Waals surface area contributed by atoms with E-state index in [0.717, 1.165) is 36.8 Å². The largest absolute Gasteiger partial charge is 0.488 e. The number of nitrogens with one attached hydrogen (secondary N) is 2. The minimum absolute atomic E-state index is 0. The van der Waals surface area contributed by atoms with Gasteiger partial charge in [0.15, 0.2) is 5.96 Å². The summed E-state index contributed by atoms with van der Waals surface area (Å²) in [5.74, 6) is 1.77. The van der Waals surface area contributed by atoms with Crippen LogP contribution in [0, 0.1) is 6.92 Å². The molecular weight excluding hydrogens is 491 g/mol. The van der Waals surface area contributed by atoms with E-state index >= 15 is 0 Å². The lowest BCUT2D eigenvalue weighted by molar-refractivity contribution is 0.115. The summed E-state index contributed by atoms with van der Waals surface area (Å²) in [6, 6.07) is 7.54. The van der Waals surface area contributed by atoms with Crippen LogP contribution in [0.5, 0.6) is 5.75 Å². The van der Waals surface area contributed by atoms with Crippen molar-refractivity contribution in [3.8, 4) is 5.75 Å². The summed E-state index contributed by atoms with van der Waals surface area (Å²) in [5.41, 5.74) is 2.35. The summed E-state index contributed by atoms with van der Waals surface area (Å²) < 4.78 is 11.7. The summed E-state index contributed by atoms with van der Waals surface area (Å²) >= 11 is 0. The van der Waals surface area contributed by atoms with Crippen LogP contribution < -0.4 is 15.4 Å². The fourth-order valence-corrected chi connectivity index (χ4v) is 4.24. The number of piperidine rings is 1. The normalized spacial score (nSPS) is 23.5. The standard InChI is InChI=1S/C23H38N4O2.HI/c1-17-8-9-20(22(13-17)29-21-10-12-28-16-21)15-26-23(24-4)25-14-19(3)27-11-6-5-7-18(27)2;/h8-9,13,18-19,21H,5-7,10-12,14-16H2,1-4H3,(H2,24,25,26);1H. The Labute approximate surface area is 199 Å². The average Bonchev–Trinajstić information content (AvgIpc) is 3.22. The number of hydrogen-bond acceptors (Lipinski definition) is 4. The van der Waals surface area contributed by atoms with Gasteiger partial charge in [-0.25, -0.2) is 0 Å². The molecule has 30 heavy (non-hydrogen) atoms. The number of likely N-dealkylation sites (tertiary alicyclic amines) is 1. The molecule has 1 aromatic rings. The summed E-state index contributed by atoms with van der Waals surface area (Å²) in [4.78, 5) is 7.02. The maximum absolute atomic E-state index is 6.21. The van der Waals surface area contributed by atoms with Crippen LogP contribution in [0.15, 0.2) is 23.2 Å². The van der Waals surface area contributed by atoms with Crippen LogP contribution in [0.1, 0.15) is 50.7 Å². The van der Waals surface area contributed by atoms with E-state index in [9.17, 15) is 0 Å². The van der Waals surface area contributed by atoms with Crippen molar-refractivity contribution in [3.63, 3.8) is 0 Å². The number of ether oxygens (including phenoxy) is 2. The van der Waals surface area contributed by atoms with Gasteiger partial charge in [-0.2, -0.15) is 0 Å². The van der Waals surface area contributed by atoms with Crippen molar-refractivity contribution in [1.29, 1.82) is 0 Å². The lowest BCUT2D eigenvalue weighted by Gasteiger charge is -2.38. The van der Waals surface area contributed by atoms with E-state index in [4.69, 9.17) is 9.47 Å². The van der Waals surface area contributed by atoms with E-state index in [0.29, 0.717) is 25.2 Å². The number of nitrogens with zero attached hydrogens (tertiary/aromatic N) is 2. The number of rotatable bonds is 7. The van der Waals surface area contributed by atoms with Crippen LogP contribution in [0.4, 0.5) is 0 Å². The molecule has 2 aliphatic rings. The van der Waals surface area contributed by atoms with Gasteiger partial charge in [0, 0.05) is 44.2 Å². The quantitative estimate of drug-likeness (QED) is 0.320. The highest BCUT2D eigenvalue weighted by molar-refractivity contribution is 14.0. The van der Waals surface area contributed by atoms with E-state index in [2.05, 4.69) is 59.5 Å². The van der Waals surface area contributed by atoms with Gasteiger partial charge in [-0.3, -0.25) is 9.89 Å². The molecular formula is C23H39IN4O2. The second-order valence-electron chi connectivity index (χ2n) is 8.45. The molecule has 0 amide bonds. The minimum Gasteiger partial charge on any atom is -0.488 e. The van der Waals surface area contributed by atoms with Crippen LogP contribution >= 0.6 is 24.0 Å². The second kappa shape index (κ2) is 12.7. The van der Waals surface area contributed by atoms with Crippen molar-refractivity contribution < 1.29 is 9.47 Å². The first kappa shape index (κ1) is 25.2. The smallest absolute Gasteiger partial charge is 0.191 e. The molecule has 0 spiro atoms. The first-order chi connectivity index (χ1) is 14.1. The monoisotopic (exact) mass is 530 g/mol. The highest BCUT2D eigenvalue weighted by Crippen LogP contribution is 2.24. The van der Waals surface area contributed by atoms with Gasteiger partial charge >= 0.3 is 0 Å². The molecule has 1 aromatic carbocycles. The van der Waals surface area contributed by atoms with Crippen molar-refractivity contribution in [1.82, 2.24) is 15.5 Å². The van der Waals surface area contributed by atoms with Crippen LogP contribution in [0.2, 0.25) is 0 Å². The predicted octanol–water partition coefficient (Wildman–Crippen LogP) is 3.71. The van der Waals surface area contributed by atoms with Crippen molar-refractivity contribution in [2.45, 2.75) is 71.2 Å². The highest BCUT2D eigenvalue weighted by atomic mass is 127. The molecule has 7 heteroatoms. The first-order valence-electron chi connectivity index (χ1n) is 11.1. The molecule has 0 bridgehead atoms. The topological polar surface area (TPSA) is 58.1 Å². The van der Waals surface area contributed by atoms with Crippen molar-refractivity contribution in [2.24, 2.45) is 4.99 Å². The molecule has 2 fully saturated rings. The zero-order valence-electron chi connectivity index (χ0n) is 18.9. The Kier molecular flexibility index (Phi) is 10.7. The molecule has 6 nitrogen and oxygen atoms in total. The van der Waals surface area contributed by atoms with Gasteiger partial charge in [-0.05, 0) is 51.8 Å². The molecule has 2 saturated heterocycles. The number of aryl methyl sites for hydroxylation is 1. The highest BCUT2D eigenvalue weighted by Gasteiger charge is 2.23. The molecule has 0 radical (unpaired) electrons. The zero-order chi connectivity index (χ0) is 20.6.